The fraction of sp³-hybridized carbons (Fsp3) is 0.258. The summed E-state index contributed by atoms with van der Waals surface area (Å²) in [6.45, 7) is 6.64. The number of ether oxygens (including phenoxy) is 1. The number of piperazine rings is 1. The highest BCUT2D eigenvalue weighted by Crippen LogP contribution is 2.28. The maximum Gasteiger partial charge on any atom is 0.269 e. The Labute approximate surface area is 237 Å². The number of fused-ring (bicyclic) bond motifs is 1. The number of nitro benzene ring substituents is 1. The Morgan fingerprint density at radius 3 is 2.41 bits per heavy atom. The molecule has 1 aliphatic rings. The van der Waals surface area contributed by atoms with Crippen LogP contribution in [-0.4, -0.2) is 63.0 Å². The van der Waals surface area contributed by atoms with Crippen molar-refractivity contribution in [1.29, 1.82) is 0 Å². The van der Waals surface area contributed by atoms with E-state index in [1.807, 2.05) is 56.3 Å². The molecule has 10 heteroatoms. The van der Waals surface area contributed by atoms with Crippen molar-refractivity contribution in [2.24, 2.45) is 0 Å². The molecule has 1 atom stereocenters. The van der Waals surface area contributed by atoms with Gasteiger partial charge in [-0.1, -0.05) is 24.3 Å². The largest absolute Gasteiger partial charge is 0.492 e. The molecule has 1 amide bonds. The predicted molar refractivity (Wildman–Crippen MR) is 157 cm³/mol. The Morgan fingerprint density at radius 1 is 1.02 bits per heavy atom. The molecule has 0 aliphatic carbocycles. The van der Waals surface area contributed by atoms with E-state index in [0.29, 0.717) is 66.5 Å². The summed E-state index contributed by atoms with van der Waals surface area (Å²) >= 11 is 0. The molecule has 1 unspecified atom stereocenters. The van der Waals surface area contributed by atoms with Gasteiger partial charge in [0.2, 0.25) is 5.91 Å². The highest BCUT2D eigenvalue weighted by molar-refractivity contribution is 5.91. The first kappa shape index (κ1) is 27.7. The maximum atomic E-state index is 13.8. The minimum Gasteiger partial charge on any atom is -0.492 e. The highest BCUT2D eigenvalue weighted by Gasteiger charge is 2.28. The third-order valence-corrected chi connectivity index (χ3v) is 7.28. The van der Waals surface area contributed by atoms with E-state index in [2.05, 4.69) is 4.90 Å². The quantitative estimate of drug-likeness (QED) is 0.178. The summed E-state index contributed by atoms with van der Waals surface area (Å²) in [6, 6.07) is 20.7. The minimum absolute atomic E-state index is 0.00594. The van der Waals surface area contributed by atoms with Gasteiger partial charge >= 0.3 is 0 Å². The standard InChI is InChI=1S/C31H31N5O5/c1-3-41-28-11-7-6-10-27(28)35-30(32-26-9-5-4-8-25(26)31(35)38)22(2)33-18-20-34(21-19-33)29(37)17-14-23-12-15-24(16-13-23)36(39)40/h4-17,22H,3,18-21H2,1-2H3/b17-14+. The van der Waals surface area contributed by atoms with E-state index < -0.39 is 4.92 Å². The van der Waals surface area contributed by atoms with E-state index in [1.165, 1.54) is 18.2 Å². The second-order valence-electron chi connectivity index (χ2n) is 9.75. The SMILES string of the molecule is CCOc1ccccc1-n1c(C(C)N2CCN(C(=O)/C=C/c3ccc([N+](=O)[O-])cc3)CC2)nc2ccccc2c1=O. The number of hydrogen-bond acceptors (Lipinski definition) is 7. The average Bonchev–Trinajstić information content (AvgIpc) is 3.00. The van der Waals surface area contributed by atoms with Crippen molar-refractivity contribution in [3.05, 3.63) is 111 Å². The third kappa shape index (κ3) is 5.87. The number of carbonyl (C=O) groups excluding carboxylic acids is 1. The van der Waals surface area contributed by atoms with E-state index in [0.717, 1.165) is 0 Å². The minimum atomic E-state index is -0.455. The molecule has 3 aromatic carbocycles. The lowest BCUT2D eigenvalue weighted by Gasteiger charge is -2.38. The molecule has 10 nitrogen and oxygen atoms in total. The molecule has 1 aliphatic heterocycles. The molecule has 1 aromatic heterocycles. The first-order chi connectivity index (χ1) is 19.9. The highest BCUT2D eigenvalue weighted by atomic mass is 16.6. The molecule has 41 heavy (non-hydrogen) atoms. The first-order valence-corrected chi connectivity index (χ1v) is 13.6. The van der Waals surface area contributed by atoms with Crippen LogP contribution in [-0.2, 0) is 4.79 Å². The molecule has 0 spiro atoms. The Kier molecular flexibility index (Phi) is 8.21. The molecule has 0 radical (unpaired) electrons. The molecule has 0 bridgehead atoms. The van der Waals surface area contributed by atoms with Crippen LogP contribution in [0.15, 0.2) is 83.7 Å². The Balaban J connectivity index is 1.37. The number of benzene rings is 3. The fourth-order valence-electron chi connectivity index (χ4n) is 5.06. The van der Waals surface area contributed by atoms with Crippen LogP contribution in [0, 0.1) is 10.1 Å². The molecular weight excluding hydrogens is 522 g/mol. The van der Waals surface area contributed by atoms with Gasteiger partial charge in [0.05, 0.1) is 34.2 Å². The number of aromatic nitrogens is 2. The third-order valence-electron chi connectivity index (χ3n) is 7.28. The van der Waals surface area contributed by atoms with Crippen molar-refractivity contribution >= 4 is 28.6 Å². The van der Waals surface area contributed by atoms with Crippen LogP contribution < -0.4 is 10.3 Å². The van der Waals surface area contributed by atoms with Crippen molar-refractivity contribution in [1.82, 2.24) is 19.4 Å². The molecule has 1 fully saturated rings. The van der Waals surface area contributed by atoms with Gasteiger partial charge in [0.25, 0.3) is 11.2 Å². The number of carbonyl (C=O) groups is 1. The number of rotatable bonds is 8. The van der Waals surface area contributed by atoms with E-state index in [1.54, 1.807) is 33.7 Å². The lowest BCUT2D eigenvalue weighted by Crippen LogP contribution is -2.49. The number of non-ortho nitro benzene ring substituents is 1. The lowest BCUT2D eigenvalue weighted by atomic mass is 10.1. The van der Waals surface area contributed by atoms with E-state index >= 15 is 0 Å². The number of nitro groups is 1. The summed E-state index contributed by atoms with van der Waals surface area (Å²) in [7, 11) is 0. The van der Waals surface area contributed by atoms with Crippen LogP contribution in [0.25, 0.3) is 22.7 Å². The molecule has 0 saturated carbocycles. The van der Waals surface area contributed by atoms with Crippen LogP contribution in [0.2, 0.25) is 0 Å². The Morgan fingerprint density at radius 2 is 1.71 bits per heavy atom. The van der Waals surface area contributed by atoms with Crippen LogP contribution in [0.5, 0.6) is 5.75 Å². The smallest absolute Gasteiger partial charge is 0.269 e. The number of nitrogens with zero attached hydrogens (tertiary/aromatic N) is 5. The van der Waals surface area contributed by atoms with Crippen molar-refractivity contribution < 1.29 is 14.5 Å². The van der Waals surface area contributed by atoms with Crippen LogP contribution in [0.3, 0.4) is 0 Å². The van der Waals surface area contributed by atoms with Gasteiger partial charge in [-0.3, -0.25) is 29.2 Å². The maximum absolute atomic E-state index is 13.8. The van der Waals surface area contributed by atoms with Gasteiger partial charge in [-0.25, -0.2) is 4.98 Å². The molecule has 4 aromatic rings. The second kappa shape index (κ2) is 12.1. The monoisotopic (exact) mass is 553 g/mol. The molecule has 5 rings (SSSR count). The Bertz CT molecular complexity index is 1660. The van der Waals surface area contributed by atoms with Crippen molar-refractivity contribution in [2.75, 3.05) is 32.8 Å². The van der Waals surface area contributed by atoms with Crippen LogP contribution >= 0.6 is 0 Å². The van der Waals surface area contributed by atoms with Gasteiger partial charge in [-0.05, 0) is 61.9 Å². The zero-order valence-electron chi connectivity index (χ0n) is 23.0. The van der Waals surface area contributed by atoms with Crippen LogP contribution in [0.4, 0.5) is 5.69 Å². The zero-order chi connectivity index (χ0) is 28.9. The van der Waals surface area contributed by atoms with Crippen LogP contribution in [0.1, 0.15) is 31.3 Å². The van der Waals surface area contributed by atoms with Gasteiger partial charge in [0.1, 0.15) is 11.6 Å². The summed E-state index contributed by atoms with van der Waals surface area (Å²) in [6.07, 6.45) is 3.15. The summed E-state index contributed by atoms with van der Waals surface area (Å²) in [5.41, 5.74) is 1.84. The zero-order valence-corrected chi connectivity index (χ0v) is 23.0. The molecule has 0 N–H and O–H groups in total. The number of amides is 1. The summed E-state index contributed by atoms with van der Waals surface area (Å²) in [5, 5.41) is 11.4. The molecule has 1 saturated heterocycles. The van der Waals surface area contributed by atoms with E-state index in [4.69, 9.17) is 9.72 Å². The van der Waals surface area contributed by atoms with Gasteiger partial charge in [-0.15, -0.1) is 0 Å². The molecule has 210 valence electrons. The molecular formula is C31H31N5O5. The van der Waals surface area contributed by atoms with Gasteiger partial charge in [-0.2, -0.15) is 0 Å². The van der Waals surface area contributed by atoms with E-state index in [-0.39, 0.29) is 23.2 Å². The average molecular weight is 554 g/mol. The summed E-state index contributed by atoms with van der Waals surface area (Å²) < 4.78 is 7.52. The van der Waals surface area contributed by atoms with Gasteiger partial charge in [0.15, 0.2) is 0 Å². The fourth-order valence-corrected chi connectivity index (χ4v) is 5.06. The summed E-state index contributed by atoms with van der Waals surface area (Å²) in [4.78, 5) is 46.0. The summed E-state index contributed by atoms with van der Waals surface area (Å²) in [5.74, 6) is 1.10. The molecule has 2 heterocycles. The van der Waals surface area contributed by atoms with Crippen molar-refractivity contribution in [2.45, 2.75) is 19.9 Å². The Hall–Kier alpha value is -4.83. The van der Waals surface area contributed by atoms with E-state index in [9.17, 15) is 19.7 Å². The number of para-hydroxylation sites is 3. The number of hydrogen-bond donors (Lipinski definition) is 0. The second-order valence-corrected chi connectivity index (χ2v) is 9.75. The lowest BCUT2D eigenvalue weighted by molar-refractivity contribution is -0.384. The normalized spacial score (nSPS) is 14.8. The van der Waals surface area contributed by atoms with Gasteiger partial charge < -0.3 is 9.64 Å². The predicted octanol–water partition coefficient (Wildman–Crippen LogP) is 4.61. The van der Waals surface area contributed by atoms with Crippen molar-refractivity contribution in [3.63, 3.8) is 0 Å². The first-order valence-electron chi connectivity index (χ1n) is 13.6. The van der Waals surface area contributed by atoms with Gasteiger partial charge in [0, 0.05) is 44.4 Å². The van der Waals surface area contributed by atoms with Crippen molar-refractivity contribution in [3.8, 4) is 11.4 Å². The topological polar surface area (TPSA) is 111 Å².